The summed E-state index contributed by atoms with van der Waals surface area (Å²) in [5, 5.41) is 20.6. The lowest BCUT2D eigenvalue weighted by Gasteiger charge is -2.21. The topological polar surface area (TPSA) is 231 Å². The number of phosphoric ester groups is 2. The predicted octanol–water partition coefficient (Wildman–Crippen LogP) is 21.3. The van der Waals surface area contributed by atoms with Crippen LogP contribution in [0.2, 0.25) is 0 Å². The Labute approximate surface area is 587 Å². The monoisotopic (exact) mass is 1400 g/mol. The highest BCUT2D eigenvalue weighted by Crippen LogP contribution is 2.45. The van der Waals surface area contributed by atoms with Crippen molar-refractivity contribution in [2.45, 2.75) is 296 Å². The first-order chi connectivity index (χ1) is 47.2. The van der Waals surface area contributed by atoms with Gasteiger partial charge in [-0.25, -0.2) is 9.13 Å². The van der Waals surface area contributed by atoms with Crippen LogP contribution in [0.4, 0.5) is 0 Å². The van der Waals surface area contributed by atoms with Crippen molar-refractivity contribution in [3.05, 3.63) is 146 Å². The Balaban J connectivity index is 4.48. The van der Waals surface area contributed by atoms with E-state index in [9.17, 15) is 43.5 Å². The van der Waals surface area contributed by atoms with E-state index in [-0.39, 0.29) is 19.3 Å². The van der Waals surface area contributed by atoms with Crippen LogP contribution >= 0.6 is 15.6 Å². The highest BCUT2D eigenvalue weighted by Gasteiger charge is 2.29. The summed E-state index contributed by atoms with van der Waals surface area (Å²) < 4.78 is 60.9. The number of hydrogen-bond donors (Lipinski definition) is 4. The molecule has 0 spiro atoms. The van der Waals surface area contributed by atoms with Crippen molar-refractivity contribution < 1.29 is 75.8 Å². The second-order valence-corrected chi connectivity index (χ2v) is 27.2. The van der Waals surface area contributed by atoms with Crippen molar-refractivity contribution in [1.82, 2.24) is 0 Å². The summed E-state index contributed by atoms with van der Waals surface area (Å²) in [6, 6.07) is 0. The van der Waals surface area contributed by atoms with Gasteiger partial charge in [0.15, 0.2) is 6.10 Å². The van der Waals surface area contributed by atoms with Crippen LogP contribution in [0, 0.1) is 0 Å². The number of aliphatic hydroxyl groups is 2. The molecule has 0 rings (SSSR count). The molecule has 0 saturated heterocycles. The van der Waals surface area contributed by atoms with E-state index in [0.717, 1.165) is 167 Å². The van der Waals surface area contributed by atoms with E-state index in [1.807, 2.05) is 0 Å². The van der Waals surface area contributed by atoms with E-state index >= 15 is 0 Å². The summed E-state index contributed by atoms with van der Waals surface area (Å²) in [5.41, 5.74) is 0. The molecule has 16 nitrogen and oxygen atoms in total. The molecule has 0 aliphatic rings. The van der Waals surface area contributed by atoms with Crippen LogP contribution in [0.15, 0.2) is 146 Å². The molecule has 0 bridgehead atoms. The molecular weight excluding hydrogens is 1270 g/mol. The number of carbonyl (C=O) groups is 3. The van der Waals surface area contributed by atoms with Gasteiger partial charge in [-0.15, -0.1) is 0 Å². The molecule has 0 amide bonds. The number of carbonyl (C=O) groups excluding carboxylic acids is 3. The van der Waals surface area contributed by atoms with Gasteiger partial charge in [-0.1, -0.05) is 269 Å². The Morgan fingerprint density at radius 2 is 0.515 bits per heavy atom. The van der Waals surface area contributed by atoms with Gasteiger partial charge in [-0.05, 0) is 135 Å². The Bertz CT molecular complexity index is 2350. The lowest BCUT2D eigenvalue weighted by Crippen LogP contribution is -2.30. The van der Waals surface area contributed by atoms with Crippen LogP contribution < -0.4 is 0 Å². The van der Waals surface area contributed by atoms with E-state index in [0.29, 0.717) is 19.3 Å². The second-order valence-electron chi connectivity index (χ2n) is 24.3. The highest BCUT2D eigenvalue weighted by atomic mass is 31.2. The molecule has 0 aromatic carbocycles. The summed E-state index contributed by atoms with van der Waals surface area (Å²) >= 11 is 0. The molecular formula is C79H132O16P2. The molecule has 0 aromatic heterocycles. The molecule has 97 heavy (non-hydrogen) atoms. The first kappa shape index (κ1) is 92.4. The smallest absolute Gasteiger partial charge is 0.463 e. The van der Waals surface area contributed by atoms with E-state index < -0.39 is 91.5 Å². The maximum Gasteiger partial charge on any atom is 0.472 e. The fraction of sp³-hybridized carbons (Fsp3) is 0.658. The molecule has 0 radical (unpaired) electrons. The molecule has 5 atom stereocenters. The predicted molar refractivity (Wildman–Crippen MR) is 399 cm³/mol. The quantitative estimate of drug-likeness (QED) is 0.0146. The Morgan fingerprint density at radius 3 is 0.814 bits per heavy atom. The molecule has 0 aliphatic carbocycles. The number of esters is 3. The van der Waals surface area contributed by atoms with Crippen LogP contribution in [0.5, 0.6) is 0 Å². The van der Waals surface area contributed by atoms with Crippen LogP contribution in [-0.4, -0.2) is 95.9 Å². The van der Waals surface area contributed by atoms with Gasteiger partial charge in [0, 0.05) is 19.3 Å². The van der Waals surface area contributed by atoms with Gasteiger partial charge in [0.1, 0.15) is 25.4 Å². The first-order valence-corrected chi connectivity index (χ1v) is 40.1. The molecule has 0 fully saturated rings. The number of ether oxygens (including phenoxy) is 3. The Morgan fingerprint density at radius 1 is 0.289 bits per heavy atom. The largest absolute Gasteiger partial charge is 0.472 e. The van der Waals surface area contributed by atoms with E-state index in [1.54, 1.807) is 0 Å². The molecule has 0 aliphatic heterocycles. The molecule has 0 heterocycles. The third-order valence-corrected chi connectivity index (χ3v) is 16.9. The normalized spacial score (nSPS) is 14.9. The first-order valence-electron chi connectivity index (χ1n) is 37.1. The number of unbranched alkanes of at least 4 members (excludes halogenated alkanes) is 22. The van der Waals surface area contributed by atoms with Crippen molar-refractivity contribution in [3.63, 3.8) is 0 Å². The molecule has 0 saturated carbocycles. The van der Waals surface area contributed by atoms with Gasteiger partial charge in [-0.2, -0.15) is 0 Å². The summed E-state index contributed by atoms with van der Waals surface area (Å²) in [6.07, 6.45) is 86.2. The third-order valence-electron chi connectivity index (χ3n) is 15.0. The highest BCUT2D eigenvalue weighted by molar-refractivity contribution is 7.47. The van der Waals surface area contributed by atoms with E-state index in [2.05, 4.69) is 167 Å². The van der Waals surface area contributed by atoms with Crippen molar-refractivity contribution in [1.29, 1.82) is 0 Å². The van der Waals surface area contributed by atoms with Crippen LogP contribution in [-0.2, 0) is 55.8 Å². The Kier molecular flexibility index (Phi) is 67.9. The number of allylic oxidation sites excluding steroid dienone is 24. The Hall–Kier alpha value is -4.57. The van der Waals surface area contributed by atoms with Crippen LogP contribution in [0.3, 0.4) is 0 Å². The molecule has 554 valence electrons. The fourth-order valence-corrected chi connectivity index (χ4v) is 11.1. The number of aliphatic hydroxyl groups excluding tert-OH is 2. The van der Waals surface area contributed by atoms with Gasteiger partial charge < -0.3 is 34.2 Å². The van der Waals surface area contributed by atoms with Gasteiger partial charge in [0.25, 0.3) is 0 Å². The zero-order chi connectivity index (χ0) is 70.9. The molecule has 18 heteroatoms. The molecule has 4 N–H and O–H groups in total. The van der Waals surface area contributed by atoms with Crippen molar-refractivity contribution >= 4 is 33.6 Å². The van der Waals surface area contributed by atoms with Gasteiger partial charge in [-0.3, -0.25) is 32.5 Å². The standard InChI is InChI=1S/C79H132O16P2/c1-4-7-10-13-16-19-22-25-28-29-30-31-32-33-34-35-36-37-38-39-40-41-42-43-46-48-50-53-56-59-62-65-77(82)89-68-74(80)69-91-96(85,86)92-70-75(81)71-93-97(87,88)94-73-76(95-79(84)67-64-61-58-55-52-49-45-27-24-21-18-15-12-9-6-3)72-90-78(83)66-63-60-57-54-51-47-44-26-23-20-17-14-11-8-5-2/h7-12,16-21,25-28,30-31,33-34,36-37,44-45,74-76,80-81H,4-6,13-15,22-24,29,32,35,38-43,46-73H2,1-3H3,(H,85,86)(H,87,88)/b10-7-,11-8-,12-9-,19-16-,20-17-,21-18-,28-25-,31-30-,34-33-,37-36-,44-26-,45-27-. The molecule has 5 unspecified atom stereocenters. The fourth-order valence-electron chi connectivity index (χ4n) is 9.48. The summed E-state index contributed by atoms with van der Waals surface area (Å²) in [5.74, 6) is -1.62. The minimum Gasteiger partial charge on any atom is -0.463 e. The van der Waals surface area contributed by atoms with Gasteiger partial charge >= 0.3 is 33.6 Å². The van der Waals surface area contributed by atoms with Crippen LogP contribution in [0.1, 0.15) is 278 Å². The average Bonchev–Trinajstić information content (AvgIpc) is 1.84. The van der Waals surface area contributed by atoms with Gasteiger partial charge in [0.2, 0.25) is 0 Å². The SMILES string of the molecule is CC/C=C\C/C=C\C/C=C\C/C=C\C/C=C\C/C=C\CCCCCCCCCCCCCCC(=O)OCC(O)COP(=O)(O)OCC(O)COP(=O)(O)OCC(COC(=O)CCCCCCC/C=C\C/C=C\C/C=C\CC)OC(=O)CCCCCCC/C=C\C/C=C\C/C=C\CC. The summed E-state index contributed by atoms with van der Waals surface area (Å²) in [7, 11) is -9.80. The minimum absolute atomic E-state index is 0.0778. The van der Waals surface area contributed by atoms with Crippen molar-refractivity contribution in [3.8, 4) is 0 Å². The average molecular weight is 1400 g/mol. The lowest BCUT2D eigenvalue weighted by molar-refractivity contribution is -0.161. The maximum atomic E-state index is 12.9. The summed E-state index contributed by atoms with van der Waals surface area (Å²) in [6.45, 7) is 2.28. The van der Waals surface area contributed by atoms with Gasteiger partial charge in [0.05, 0.1) is 26.4 Å². The number of phosphoric acid groups is 2. The summed E-state index contributed by atoms with van der Waals surface area (Å²) in [4.78, 5) is 58.5. The zero-order valence-electron chi connectivity index (χ0n) is 60.2. The number of rotatable bonds is 69. The van der Waals surface area contributed by atoms with Crippen LogP contribution in [0.25, 0.3) is 0 Å². The van der Waals surface area contributed by atoms with E-state index in [4.69, 9.17) is 32.3 Å². The van der Waals surface area contributed by atoms with E-state index in [1.165, 1.54) is 51.4 Å². The third kappa shape index (κ3) is 72.5. The second kappa shape index (κ2) is 71.3. The minimum atomic E-state index is -4.94. The zero-order valence-corrected chi connectivity index (χ0v) is 62.0. The van der Waals surface area contributed by atoms with Crippen molar-refractivity contribution in [2.75, 3.05) is 39.6 Å². The molecule has 0 aromatic rings. The maximum absolute atomic E-state index is 12.9. The van der Waals surface area contributed by atoms with Crippen molar-refractivity contribution in [2.24, 2.45) is 0 Å². The lowest BCUT2D eigenvalue weighted by atomic mass is 10.0. The number of hydrogen-bond acceptors (Lipinski definition) is 14.